The van der Waals surface area contributed by atoms with Gasteiger partial charge < -0.3 is 10.4 Å². The normalized spacial score (nSPS) is 22.4. The van der Waals surface area contributed by atoms with Gasteiger partial charge >= 0.3 is 0 Å². The van der Waals surface area contributed by atoms with Gasteiger partial charge in [-0.15, -0.1) is 0 Å². The van der Waals surface area contributed by atoms with Crippen molar-refractivity contribution < 1.29 is 14.3 Å². The number of benzene rings is 1. The van der Waals surface area contributed by atoms with E-state index in [1.807, 2.05) is 6.92 Å². The van der Waals surface area contributed by atoms with Crippen molar-refractivity contribution >= 4 is 29.1 Å². The number of hydrogen-bond acceptors (Lipinski definition) is 3. The second kappa shape index (κ2) is 6.90. The van der Waals surface area contributed by atoms with Crippen LogP contribution in [0.25, 0.3) is 0 Å². The third-order valence-electron chi connectivity index (χ3n) is 4.51. The number of halogens is 3. The van der Waals surface area contributed by atoms with Crippen LogP contribution < -0.4 is 5.32 Å². The van der Waals surface area contributed by atoms with E-state index >= 15 is 4.39 Å². The number of alkyl halides is 1. The summed E-state index contributed by atoms with van der Waals surface area (Å²) in [5.41, 5.74) is -0.398. The number of aryl methyl sites for hydroxylation is 1. The van der Waals surface area contributed by atoms with E-state index in [-0.39, 0.29) is 30.6 Å². The largest absolute Gasteiger partial charge is 0.387 e. The number of rotatable bonds is 3. The van der Waals surface area contributed by atoms with Gasteiger partial charge in [-0.2, -0.15) is 0 Å². The minimum Gasteiger partial charge on any atom is -0.387 e. The van der Waals surface area contributed by atoms with Crippen molar-refractivity contribution in [2.24, 2.45) is 0 Å². The number of aromatic nitrogens is 1. The Kier molecular flexibility index (Phi) is 5.00. The summed E-state index contributed by atoms with van der Waals surface area (Å²) >= 11 is 12.1. The quantitative estimate of drug-likeness (QED) is 0.842. The van der Waals surface area contributed by atoms with E-state index < -0.39 is 17.7 Å². The molecule has 2 N–H and O–H groups in total. The second-order valence-corrected chi connectivity index (χ2v) is 7.00. The molecule has 0 unspecified atom stereocenters. The van der Waals surface area contributed by atoms with E-state index in [0.717, 1.165) is 5.56 Å². The van der Waals surface area contributed by atoms with Gasteiger partial charge in [-0.05, 0) is 49.1 Å². The molecule has 1 aliphatic carbocycles. The summed E-state index contributed by atoms with van der Waals surface area (Å²) in [5.74, 6) is -0.765. The summed E-state index contributed by atoms with van der Waals surface area (Å²) < 4.78 is 15.5. The van der Waals surface area contributed by atoms with Gasteiger partial charge in [-0.3, -0.25) is 9.78 Å². The van der Waals surface area contributed by atoms with Crippen LogP contribution in [0.2, 0.25) is 10.0 Å². The monoisotopic (exact) mass is 382 g/mol. The van der Waals surface area contributed by atoms with E-state index in [9.17, 15) is 9.90 Å². The molecule has 2 aromatic rings. The lowest BCUT2D eigenvalue weighted by atomic mass is 9.81. The van der Waals surface area contributed by atoms with Gasteiger partial charge in [0.05, 0.1) is 11.8 Å². The zero-order valence-corrected chi connectivity index (χ0v) is 15.0. The predicted octanol–water partition coefficient (Wildman–Crippen LogP) is 4.01. The fourth-order valence-corrected chi connectivity index (χ4v) is 3.79. The van der Waals surface area contributed by atoms with Crippen molar-refractivity contribution in [3.05, 3.63) is 62.9 Å². The molecule has 25 heavy (non-hydrogen) atoms. The first kappa shape index (κ1) is 18.1. The van der Waals surface area contributed by atoms with Crippen LogP contribution in [0, 0.1) is 6.92 Å². The molecule has 1 heterocycles. The fraction of sp³-hybridized carbons (Fsp3) is 0.333. The summed E-state index contributed by atoms with van der Waals surface area (Å²) in [6.07, 6.45) is 0.643. The number of carbonyl (C=O) groups is 1. The Morgan fingerprint density at radius 2 is 2.24 bits per heavy atom. The first-order chi connectivity index (χ1) is 11.8. The summed E-state index contributed by atoms with van der Waals surface area (Å²) in [6, 6.07) is 6.36. The molecule has 0 radical (unpaired) electrons. The Hall–Kier alpha value is -1.69. The summed E-state index contributed by atoms with van der Waals surface area (Å²) in [7, 11) is 0. The van der Waals surface area contributed by atoms with Crippen LogP contribution >= 0.6 is 23.2 Å². The highest BCUT2D eigenvalue weighted by Gasteiger charge is 2.46. The molecule has 7 heteroatoms. The van der Waals surface area contributed by atoms with Crippen molar-refractivity contribution in [2.45, 2.75) is 38.1 Å². The molecule has 0 spiro atoms. The third kappa shape index (κ3) is 3.36. The first-order valence-corrected chi connectivity index (χ1v) is 8.63. The van der Waals surface area contributed by atoms with Gasteiger partial charge in [0, 0.05) is 28.4 Å². The number of aliphatic hydroxyl groups excluding tert-OH is 1. The van der Waals surface area contributed by atoms with E-state index in [1.54, 1.807) is 18.2 Å². The highest BCUT2D eigenvalue weighted by atomic mass is 35.5. The van der Waals surface area contributed by atoms with Gasteiger partial charge in [0.1, 0.15) is 0 Å². The molecule has 1 aromatic heterocycles. The van der Waals surface area contributed by atoms with Crippen molar-refractivity contribution in [1.82, 2.24) is 10.3 Å². The van der Waals surface area contributed by atoms with Crippen molar-refractivity contribution in [1.29, 1.82) is 0 Å². The summed E-state index contributed by atoms with van der Waals surface area (Å²) in [6.45, 7) is 1.91. The second-order valence-electron chi connectivity index (χ2n) is 6.16. The number of nitrogens with zero attached hydrogens (tertiary/aromatic N) is 1. The number of carbonyl (C=O) groups excluding carboxylic acids is 1. The SMILES string of the molecule is Cc1cc(Cl)cc(Cl)c1CNC(=O)[C@]1(F)CC[C@H](O)c2ncccc21. The fourth-order valence-electron chi connectivity index (χ4n) is 3.13. The summed E-state index contributed by atoms with van der Waals surface area (Å²) in [4.78, 5) is 16.6. The molecular formula is C18H17Cl2FN2O2. The number of fused-ring (bicyclic) bond motifs is 1. The van der Waals surface area contributed by atoms with Crippen LogP contribution in [-0.2, 0) is 17.0 Å². The molecule has 0 bridgehead atoms. The molecular weight excluding hydrogens is 366 g/mol. The zero-order valence-electron chi connectivity index (χ0n) is 13.5. The van der Waals surface area contributed by atoms with Gasteiger partial charge in [0.2, 0.25) is 5.67 Å². The Morgan fingerprint density at radius 3 is 2.96 bits per heavy atom. The number of pyridine rings is 1. The molecule has 0 aliphatic heterocycles. The number of nitrogens with one attached hydrogen (secondary N) is 1. The standard InChI is InChI=1S/C18H17Cl2FN2O2/c1-10-7-11(19)8-14(20)12(10)9-23-17(25)18(21)5-4-15(24)16-13(18)3-2-6-22-16/h2-3,6-8,15,24H,4-5,9H2,1H3,(H,23,25)/t15-,18-/m0/s1. The topological polar surface area (TPSA) is 62.2 Å². The van der Waals surface area contributed by atoms with Crippen LogP contribution in [0.4, 0.5) is 4.39 Å². The molecule has 0 saturated heterocycles. The molecule has 132 valence electrons. The maximum atomic E-state index is 15.5. The lowest BCUT2D eigenvalue weighted by Crippen LogP contribution is -2.44. The molecule has 4 nitrogen and oxygen atoms in total. The highest BCUT2D eigenvalue weighted by Crippen LogP contribution is 2.42. The van der Waals surface area contributed by atoms with Crippen molar-refractivity contribution in [3.63, 3.8) is 0 Å². The maximum Gasteiger partial charge on any atom is 0.262 e. The molecule has 3 rings (SSSR count). The van der Waals surface area contributed by atoms with E-state index in [2.05, 4.69) is 10.3 Å². The average Bonchev–Trinajstić information content (AvgIpc) is 2.57. The number of hydrogen-bond donors (Lipinski definition) is 2. The van der Waals surface area contributed by atoms with E-state index in [0.29, 0.717) is 15.6 Å². The van der Waals surface area contributed by atoms with Gasteiger partial charge in [-0.25, -0.2) is 4.39 Å². The Labute approximate surface area is 155 Å². The van der Waals surface area contributed by atoms with Crippen LogP contribution in [0.3, 0.4) is 0 Å². The van der Waals surface area contributed by atoms with Gasteiger partial charge in [-0.1, -0.05) is 29.3 Å². The lowest BCUT2D eigenvalue weighted by Gasteiger charge is -2.32. The molecule has 0 fully saturated rings. The van der Waals surface area contributed by atoms with Crippen LogP contribution in [0.5, 0.6) is 0 Å². The van der Waals surface area contributed by atoms with Gasteiger partial charge in [0.15, 0.2) is 0 Å². The van der Waals surface area contributed by atoms with Crippen LogP contribution in [-0.4, -0.2) is 16.0 Å². The van der Waals surface area contributed by atoms with Crippen LogP contribution in [0.15, 0.2) is 30.5 Å². The molecule has 2 atom stereocenters. The zero-order chi connectivity index (χ0) is 18.2. The van der Waals surface area contributed by atoms with Gasteiger partial charge in [0.25, 0.3) is 5.91 Å². The third-order valence-corrected chi connectivity index (χ3v) is 5.07. The maximum absolute atomic E-state index is 15.5. The minimum absolute atomic E-state index is 0.0878. The van der Waals surface area contributed by atoms with Crippen molar-refractivity contribution in [3.8, 4) is 0 Å². The smallest absolute Gasteiger partial charge is 0.262 e. The minimum atomic E-state index is -2.23. The predicted molar refractivity (Wildman–Crippen MR) is 94.3 cm³/mol. The average molecular weight is 383 g/mol. The molecule has 0 saturated carbocycles. The molecule has 1 aromatic carbocycles. The van der Waals surface area contributed by atoms with E-state index in [1.165, 1.54) is 12.3 Å². The Bertz CT molecular complexity index is 807. The van der Waals surface area contributed by atoms with Crippen LogP contribution in [0.1, 0.15) is 41.3 Å². The highest BCUT2D eigenvalue weighted by molar-refractivity contribution is 6.35. The molecule has 1 aliphatic rings. The first-order valence-electron chi connectivity index (χ1n) is 7.88. The number of amides is 1. The number of aliphatic hydroxyl groups is 1. The van der Waals surface area contributed by atoms with Crippen molar-refractivity contribution in [2.75, 3.05) is 0 Å². The summed E-state index contributed by atoms with van der Waals surface area (Å²) in [5, 5.41) is 13.5. The lowest BCUT2D eigenvalue weighted by molar-refractivity contribution is -0.135. The Balaban J connectivity index is 1.84. The molecule has 1 amide bonds. The Morgan fingerprint density at radius 1 is 1.48 bits per heavy atom. The van der Waals surface area contributed by atoms with E-state index in [4.69, 9.17) is 23.2 Å².